The first-order valence-corrected chi connectivity index (χ1v) is 17.0. The Morgan fingerprint density at radius 1 is 0.571 bits per heavy atom. The summed E-state index contributed by atoms with van der Waals surface area (Å²) in [5, 5.41) is 2.81. The number of hydrogen-bond donors (Lipinski definition) is 1. The number of ether oxygens (including phenoxy) is 5. The van der Waals surface area contributed by atoms with Crippen LogP contribution in [0.4, 0.5) is 9.59 Å². The summed E-state index contributed by atoms with van der Waals surface area (Å²) in [5.41, 5.74) is 9.58. The highest BCUT2D eigenvalue weighted by atomic mass is 16.6. The summed E-state index contributed by atoms with van der Waals surface area (Å²) in [6.07, 6.45) is -0.119. The van der Waals surface area contributed by atoms with E-state index in [0.29, 0.717) is 72.4 Å². The number of fused-ring (bicyclic) bond motifs is 6. The van der Waals surface area contributed by atoms with Crippen LogP contribution in [-0.2, 0) is 23.7 Å². The SMILES string of the molecule is CN(CCOCCOCCOCCCNC(=O)OCC1c2ccccc2-c2ccccc21)C(=O)OCC1c2ccccc2-c2ccccc21. The second-order valence-electron chi connectivity index (χ2n) is 12.2. The molecular weight excluding hydrogens is 620 g/mol. The average molecular weight is 665 g/mol. The lowest BCUT2D eigenvalue weighted by molar-refractivity contribution is 0.0108. The van der Waals surface area contributed by atoms with E-state index in [1.165, 1.54) is 49.4 Å². The second-order valence-corrected chi connectivity index (χ2v) is 12.2. The van der Waals surface area contributed by atoms with E-state index in [4.69, 9.17) is 23.7 Å². The number of benzene rings is 4. The maximum Gasteiger partial charge on any atom is 0.409 e. The van der Waals surface area contributed by atoms with Gasteiger partial charge in [0.15, 0.2) is 0 Å². The minimum absolute atomic E-state index is 0.0352. The van der Waals surface area contributed by atoms with Crippen LogP contribution in [0.25, 0.3) is 22.3 Å². The van der Waals surface area contributed by atoms with Crippen molar-refractivity contribution in [1.29, 1.82) is 0 Å². The van der Waals surface area contributed by atoms with Crippen molar-refractivity contribution in [2.75, 3.05) is 73.0 Å². The van der Waals surface area contributed by atoms with Crippen molar-refractivity contribution in [1.82, 2.24) is 10.2 Å². The first-order chi connectivity index (χ1) is 24.1. The van der Waals surface area contributed by atoms with Crippen molar-refractivity contribution in [3.05, 3.63) is 119 Å². The van der Waals surface area contributed by atoms with Crippen LogP contribution in [0.3, 0.4) is 0 Å². The number of carbonyl (C=O) groups is 2. The molecule has 0 aliphatic heterocycles. The Labute approximate surface area is 288 Å². The molecule has 1 N–H and O–H groups in total. The molecule has 0 saturated heterocycles. The van der Waals surface area contributed by atoms with Crippen molar-refractivity contribution in [2.24, 2.45) is 0 Å². The van der Waals surface area contributed by atoms with Crippen molar-refractivity contribution in [3.63, 3.8) is 0 Å². The maximum atomic E-state index is 12.6. The minimum atomic E-state index is -0.422. The second kappa shape index (κ2) is 17.1. The zero-order valence-electron chi connectivity index (χ0n) is 28.0. The lowest BCUT2D eigenvalue weighted by Gasteiger charge is -2.19. The number of hydrogen-bond acceptors (Lipinski definition) is 7. The standard InChI is InChI=1S/C40H44N2O7/c1-42(40(44)49-28-38-35-17-8-4-13-31(35)32-14-5-9-18-36(32)38)20-22-46-24-26-47-25-23-45-21-10-19-41-39(43)48-27-37-33-15-6-2-11-29(33)30-12-3-7-16-34(30)37/h2-9,11-18,37-38H,10,19-28H2,1H3,(H,41,43). The Morgan fingerprint density at radius 2 is 0.980 bits per heavy atom. The molecule has 9 nitrogen and oxygen atoms in total. The number of carbonyl (C=O) groups excluding carboxylic acids is 2. The molecule has 2 amide bonds. The summed E-state index contributed by atoms with van der Waals surface area (Å²) in [6, 6.07) is 33.1. The lowest BCUT2D eigenvalue weighted by atomic mass is 9.98. The Morgan fingerprint density at radius 3 is 1.47 bits per heavy atom. The third kappa shape index (κ3) is 8.48. The average Bonchev–Trinajstić information content (AvgIpc) is 3.63. The molecule has 0 radical (unpaired) electrons. The van der Waals surface area contributed by atoms with Crippen LogP contribution < -0.4 is 5.32 Å². The van der Waals surface area contributed by atoms with Crippen molar-refractivity contribution in [3.8, 4) is 22.3 Å². The predicted octanol–water partition coefficient (Wildman–Crippen LogP) is 6.85. The lowest BCUT2D eigenvalue weighted by Crippen LogP contribution is -2.32. The predicted molar refractivity (Wildman–Crippen MR) is 188 cm³/mol. The number of likely N-dealkylation sites (N-methyl/N-ethyl adjacent to an activating group) is 1. The van der Waals surface area contributed by atoms with E-state index in [2.05, 4.69) is 53.8 Å². The molecule has 0 atom stereocenters. The summed E-state index contributed by atoms with van der Waals surface area (Å²) in [4.78, 5) is 26.5. The van der Waals surface area contributed by atoms with Gasteiger partial charge in [0.1, 0.15) is 13.2 Å². The highest BCUT2D eigenvalue weighted by molar-refractivity contribution is 5.80. The first-order valence-electron chi connectivity index (χ1n) is 17.0. The van der Waals surface area contributed by atoms with Crippen LogP contribution in [0, 0.1) is 0 Å². The Hall–Kier alpha value is -4.70. The fraction of sp³-hybridized carbons (Fsp3) is 0.350. The highest BCUT2D eigenvalue weighted by Gasteiger charge is 2.30. The van der Waals surface area contributed by atoms with Crippen LogP contribution in [0.1, 0.15) is 40.5 Å². The topological polar surface area (TPSA) is 95.6 Å². The van der Waals surface area contributed by atoms with Crippen LogP contribution in [0.5, 0.6) is 0 Å². The van der Waals surface area contributed by atoms with Gasteiger partial charge in [-0.1, -0.05) is 97.1 Å². The van der Waals surface area contributed by atoms with Gasteiger partial charge in [0.05, 0.1) is 33.0 Å². The van der Waals surface area contributed by atoms with Gasteiger partial charge in [-0.15, -0.1) is 0 Å². The smallest absolute Gasteiger partial charge is 0.409 e. The summed E-state index contributed by atoms with van der Waals surface area (Å²) < 4.78 is 28.1. The zero-order chi connectivity index (χ0) is 33.8. The Balaban J connectivity index is 0.751. The Kier molecular flexibility index (Phi) is 11.9. The first kappa shape index (κ1) is 34.2. The zero-order valence-corrected chi connectivity index (χ0v) is 28.0. The molecule has 0 saturated carbocycles. The van der Waals surface area contributed by atoms with Gasteiger partial charge < -0.3 is 33.9 Å². The number of alkyl carbamates (subject to hydrolysis) is 1. The van der Waals surface area contributed by atoms with Crippen LogP contribution in [-0.4, -0.2) is 90.1 Å². The molecule has 0 aromatic heterocycles. The quantitative estimate of drug-likeness (QED) is 0.124. The van der Waals surface area contributed by atoms with Gasteiger partial charge in [-0.25, -0.2) is 9.59 Å². The van der Waals surface area contributed by atoms with E-state index < -0.39 is 6.09 Å². The molecule has 2 aliphatic rings. The maximum absolute atomic E-state index is 12.6. The van der Waals surface area contributed by atoms with E-state index in [-0.39, 0.29) is 17.9 Å². The van der Waals surface area contributed by atoms with Crippen molar-refractivity contribution in [2.45, 2.75) is 18.3 Å². The largest absolute Gasteiger partial charge is 0.449 e. The number of nitrogens with one attached hydrogen (secondary N) is 1. The minimum Gasteiger partial charge on any atom is -0.449 e. The fourth-order valence-electron chi connectivity index (χ4n) is 6.55. The molecule has 2 aliphatic carbocycles. The molecule has 0 unspecified atom stereocenters. The van der Waals surface area contributed by atoms with E-state index in [1.54, 1.807) is 7.05 Å². The molecule has 49 heavy (non-hydrogen) atoms. The molecule has 4 aromatic rings. The van der Waals surface area contributed by atoms with Gasteiger partial charge in [0.25, 0.3) is 0 Å². The molecule has 0 spiro atoms. The molecule has 0 bridgehead atoms. The van der Waals surface area contributed by atoms with Gasteiger partial charge in [0.2, 0.25) is 0 Å². The van der Waals surface area contributed by atoms with Gasteiger partial charge in [-0.05, 0) is 50.9 Å². The van der Waals surface area contributed by atoms with Crippen LogP contribution in [0.15, 0.2) is 97.1 Å². The van der Waals surface area contributed by atoms with Gasteiger partial charge in [-0.3, -0.25) is 0 Å². The molecule has 0 fully saturated rings. The van der Waals surface area contributed by atoms with E-state index in [1.807, 2.05) is 48.5 Å². The van der Waals surface area contributed by atoms with Gasteiger partial charge in [0, 0.05) is 38.6 Å². The molecule has 0 heterocycles. The summed E-state index contributed by atoms with van der Waals surface area (Å²) in [7, 11) is 1.71. The number of rotatable bonds is 17. The molecule has 256 valence electrons. The number of amides is 2. The third-order valence-corrected chi connectivity index (χ3v) is 9.04. The summed E-state index contributed by atoms with van der Waals surface area (Å²) in [6.45, 7) is 4.13. The monoisotopic (exact) mass is 664 g/mol. The van der Waals surface area contributed by atoms with Gasteiger partial charge in [-0.2, -0.15) is 0 Å². The molecule has 4 aromatic carbocycles. The molecular formula is C40H44N2O7. The van der Waals surface area contributed by atoms with Crippen LogP contribution >= 0.6 is 0 Å². The third-order valence-electron chi connectivity index (χ3n) is 9.04. The number of nitrogens with zero attached hydrogens (tertiary/aromatic N) is 1. The van der Waals surface area contributed by atoms with Crippen molar-refractivity contribution < 1.29 is 33.3 Å². The summed E-state index contributed by atoms with van der Waals surface area (Å²) in [5.74, 6) is 0.0792. The highest BCUT2D eigenvalue weighted by Crippen LogP contribution is 2.45. The van der Waals surface area contributed by atoms with Crippen LogP contribution in [0.2, 0.25) is 0 Å². The Bertz CT molecular complexity index is 1620. The molecule has 6 rings (SSSR count). The van der Waals surface area contributed by atoms with Gasteiger partial charge >= 0.3 is 12.2 Å². The fourth-order valence-corrected chi connectivity index (χ4v) is 6.55. The van der Waals surface area contributed by atoms with E-state index >= 15 is 0 Å². The van der Waals surface area contributed by atoms with E-state index in [9.17, 15) is 9.59 Å². The summed E-state index contributed by atoms with van der Waals surface area (Å²) >= 11 is 0. The normalized spacial score (nSPS) is 12.9. The molecule has 9 heteroatoms. The van der Waals surface area contributed by atoms with Crippen molar-refractivity contribution >= 4 is 12.2 Å². The van der Waals surface area contributed by atoms with E-state index in [0.717, 1.165) is 0 Å².